The van der Waals surface area contributed by atoms with Crippen LogP contribution in [0.5, 0.6) is 0 Å². The van der Waals surface area contributed by atoms with E-state index >= 15 is 0 Å². The zero-order valence-corrected chi connectivity index (χ0v) is 11.5. The molecule has 0 aliphatic rings. The monoisotopic (exact) mass is 273 g/mol. The molecule has 1 aromatic heterocycles. The third kappa shape index (κ3) is 4.47. The highest BCUT2D eigenvalue weighted by Gasteiger charge is 2.02. The molecule has 0 aliphatic heterocycles. The van der Waals surface area contributed by atoms with Gasteiger partial charge in [-0.25, -0.2) is 4.98 Å². The average Bonchev–Trinajstić information content (AvgIpc) is 2.93. The minimum Gasteiger partial charge on any atom is -0.326 e. The predicted molar refractivity (Wildman–Crippen MR) is 77.2 cm³/mol. The number of hydrogen-bond donors (Lipinski definition) is 3. The molecule has 106 valence electrons. The van der Waals surface area contributed by atoms with Gasteiger partial charge in [-0.2, -0.15) is 5.10 Å². The summed E-state index contributed by atoms with van der Waals surface area (Å²) in [7, 11) is 0. The maximum atomic E-state index is 11.1. The standard InChI is InChI=1S/C14H19N5O/c1-11(20)18-13-6-3-2-5-12(13)9-15-8-4-7-14-16-10-17-19-14/h2-3,5-6,10,15H,4,7-9H2,1H3,(H,18,20)(H,16,17,19). The topological polar surface area (TPSA) is 82.7 Å². The van der Waals surface area contributed by atoms with Gasteiger partial charge in [0.25, 0.3) is 0 Å². The zero-order valence-electron chi connectivity index (χ0n) is 11.5. The summed E-state index contributed by atoms with van der Waals surface area (Å²) in [6.07, 6.45) is 3.38. The highest BCUT2D eigenvalue weighted by molar-refractivity contribution is 5.89. The quantitative estimate of drug-likeness (QED) is 0.667. The molecule has 0 radical (unpaired) electrons. The van der Waals surface area contributed by atoms with Crippen molar-refractivity contribution in [1.29, 1.82) is 0 Å². The molecule has 0 atom stereocenters. The highest BCUT2D eigenvalue weighted by Crippen LogP contribution is 2.14. The minimum atomic E-state index is -0.0530. The Bertz CT molecular complexity index is 538. The lowest BCUT2D eigenvalue weighted by molar-refractivity contribution is -0.114. The number of nitrogens with zero attached hydrogens (tertiary/aromatic N) is 2. The van der Waals surface area contributed by atoms with Crippen LogP contribution in [-0.2, 0) is 17.8 Å². The lowest BCUT2D eigenvalue weighted by Crippen LogP contribution is -2.17. The van der Waals surface area contributed by atoms with Gasteiger partial charge in [0, 0.05) is 25.6 Å². The molecule has 0 aliphatic carbocycles. The van der Waals surface area contributed by atoms with Gasteiger partial charge in [0.1, 0.15) is 12.2 Å². The molecule has 0 bridgehead atoms. The molecule has 3 N–H and O–H groups in total. The van der Waals surface area contributed by atoms with E-state index in [1.54, 1.807) is 0 Å². The molecule has 6 nitrogen and oxygen atoms in total. The van der Waals surface area contributed by atoms with Crippen LogP contribution >= 0.6 is 0 Å². The molecule has 0 spiro atoms. The van der Waals surface area contributed by atoms with Crippen molar-refractivity contribution in [3.8, 4) is 0 Å². The van der Waals surface area contributed by atoms with E-state index in [-0.39, 0.29) is 5.91 Å². The number of amides is 1. The van der Waals surface area contributed by atoms with Crippen molar-refractivity contribution in [3.05, 3.63) is 42.0 Å². The van der Waals surface area contributed by atoms with Gasteiger partial charge >= 0.3 is 0 Å². The first-order chi connectivity index (χ1) is 9.75. The summed E-state index contributed by atoms with van der Waals surface area (Å²) in [5.41, 5.74) is 1.95. The molecule has 1 aromatic carbocycles. The fourth-order valence-corrected chi connectivity index (χ4v) is 1.94. The smallest absolute Gasteiger partial charge is 0.221 e. The number of rotatable bonds is 7. The summed E-state index contributed by atoms with van der Waals surface area (Å²) < 4.78 is 0. The van der Waals surface area contributed by atoms with Gasteiger partial charge in [-0.1, -0.05) is 18.2 Å². The number of nitrogens with one attached hydrogen (secondary N) is 3. The second kappa shape index (κ2) is 7.40. The van der Waals surface area contributed by atoms with E-state index in [0.29, 0.717) is 0 Å². The number of carbonyl (C=O) groups is 1. The Balaban J connectivity index is 1.74. The normalized spacial score (nSPS) is 10.4. The summed E-state index contributed by atoms with van der Waals surface area (Å²) in [5.74, 6) is 0.855. The summed E-state index contributed by atoms with van der Waals surface area (Å²) in [5, 5.41) is 12.9. The van der Waals surface area contributed by atoms with Crippen LogP contribution in [0.15, 0.2) is 30.6 Å². The molecule has 6 heteroatoms. The third-order valence-electron chi connectivity index (χ3n) is 2.88. The van der Waals surface area contributed by atoms with E-state index in [1.165, 1.54) is 13.3 Å². The van der Waals surface area contributed by atoms with Gasteiger partial charge in [0.05, 0.1) is 0 Å². The number of H-pyrrole nitrogens is 1. The summed E-state index contributed by atoms with van der Waals surface area (Å²) in [6, 6.07) is 7.80. The molecule has 0 saturated carbocycles. The Morgan fingerprint density at radius 2 is 2.20 bits per heavy atom. The maximum Gasteiger partial charge on any atom is 0.221 e. The Hall–Kier alpha value is -2.21. The van der Waals surface area contributed by atoms with Crippen LogP contribution in [0.25, 0.3) is 0 Å². The van der Waals surface area contributed by atoms with Crippen LogP contribution in [0.2, 0.25) is 0 Å². The fourth-order valence-electron chi connectivity index (χ4n) is 1.94. The first-order valence-corrected chi connectivity index (χ1v) is 6.66. The van der Waals surface area contributed by atoms with Gasteiger partial charge in [-0.05, 0) is 24.6 Å². The number of aromatic nitrogens is 3. The number of anilines is 1. The summed E-state index contributed by atoms with van der Waals surface area (Å²) in [4.78, 5) is 15.2. The molecule has 2 aromatic rings. The largest absolute Gasteiger partial charge is 0.326 e. The minimum absolute atomic E-state index is 0.0530. The molecule has 20 heavy (non-hydrogen) atoms. The van der Waals surface area contributed by atoms with Crippen LogP contribution in [-0.4, -0.2) is 27.6 Å². The van der Waals surface area contributed by atoms with Crippen molar-refractivity contribution in [2.24, 2.45) is 0 Å². The van der Waals surface area contributed by atoms with Gasteiger partial charge in [-0.3, -0.25) is 9.89 Å². The lowest BCUT2D eigenvalue weighted by Gasteiger charge is -2.10. The Labute approximate surface area is 118 Å². The fraction of sp³-hybridized carbons (Fsp3) is 0.357. The van der Waals surface area contributed by atoms with E-state index in [9.17, 15) is 4.79 Å². The summed E-state index contributed by atoms with van der Waals surface area (Å²) >= 11 is 0. The van der Waals surface area contributed by atoms with Crippen molar-refractivity contribution < 1.29 is 4.79 Å². The molecular weight excluding hydrogens is 254 g/mol. The third-order valence-corrected chi connectivity index (χ3v) is 2.88. The van der Waals surface area contributed by atoms with Crippen LogP contribution < -0.4 is 10.6 Å². The van der Waals surface area contributed by atoms with Crippen LogP contribution in [0.3, 0.4) is 0 Å². The number of aromatic amines is 1. The maximum absolute atomic E-state index is 11.1. The van der Waals surface area contributed by atoms with Gasteiger partial charge in [0.15, 0.2) is 0 Å². The highest BCUT2D eigenvalue weighted by atomic mass is 16.1. The number of para-hydroxylation sites is 1. The second-order valence-corrected chi connectivity index (χ2v) is 4.55. The Morgan fingerprint density at radius 3 is 2.95 bits per heavy atom. The van der Waals surface area contributed by atoms with Crippen molar-refractivity contribution >= 4 is 11.6 Å². The van der Waals surface area contributed by atoms with E-state index in [2.05, 4.69) is 25.8 Å². The van der Waals surface area contributed by atoms with E-state index in [0.717, 1.165) is 43.0 Å². The van der Waals surface area contributed by atoms with Crippen molar-refractivity contribution in [1.82, 2.24) is 20.5 Å². The molecule has 1 heterocycles. The number of aryl methyl sites for hydroxylation is 1. The first-order valence-electron chi connectivity index (χ1n) is 6.66. The Morgan fingerprint density at radius 1 is 1.35 bits per heavy atom. The SMILES string of the molecule is CC(=O)Nc1ccccc1CNCCCc1ncn[nH]1. The van der Waals surface area contributed by atoms with Gasteiger partial charge in [-0.15, -0.1) is 0 Å². The van der Waals surface area contributed by atoms with E-state index in [4.69, 9.17) is 0 Å². The van der Waals surface area contributed by atoms with Gasteiger partial charge in [0.2, 0.25) is 5.91 Å². The number of carbonyl (C=O) groups excluding carboxylic acids is 1. The number of hydrogen-bond acceptors (Lipinski definition) is 4. The van der Waals surface area contributed by atoms with E-state index < -0.39 is 0 Å². The van der Waals surface area contributed by atoms with Crippen molar-refractivity contribution in [2.75, 3.05) is 11.9 Å². The van der Waals surface area contributed by atoms with Crippen molar-refractivity contribution in [3.63, 3.8) is 0 Å². The predicted octanol–water partition coefficient (Wildman–Crippen LogP) is 1.49. The van der Waals surface area contributed by atoms with Crippen LogP contribution in [0.1, 0.15) is 24.7 Å². The zero-order chi connectivity index (χ0) is 14.2. The average molecular weight is 273 g/mol. The molecule has 0 fully saturated rings. The van der Waals surface area contributed by atoms with E-state index in [1.807, 2.05) is 24.3 Å². The van der Waals surface area contributed by atoms with Crippen LogP contribution in [0.4, 0.5) is 5.69 Å². The number of benzene rings is 1. The molecule has 0 saturated heterocycles. The lowest BCUT2D eigenvalue weighted by atomic mass is 10.1. The molecular formula is C14H19N5O. The molecule has 0 unspecified atom stereocenters. The Kier molecular flexibility index (Phi) is 5.25. The van der Waals surface area contributed by atoms with Crippen molar-refractivity contribution in [2.45, 2.75) is 26.3 Å². The first kappa shape index (κ1) is 14.2. The van der Waals surface area contributed by atoms with Crippen LogP contribution in [0, 0.1) is 0 Å². The molecule has 1 amide bonds. The molecule has 2 rings (SSSR count). The van der Waals surface area contributed by atoms with Gasteiger partial charge < -0.3 is 10.6 Å². The summed E-state index contributed by atoms with van der Waals surface area (Å²) in [6.45, 7) is 3.13. The second-order valence-electron chi connectivity index (χ2n) is 4.55.